The van der Waals surface area contributed by atoms with Crippen molar-refractivity contribution in [1.82, 2.24) is 10.2 Å². The van der Waals surface area contributed by atoms with Crippen LogP contribution in [0.1, 0.15) is 37.6 Å². The topological polar surface area (TPSA) is 64.1 Å². The van der Waals surface area contributed by atoms with E-state index in [4.69, 9.17) is 0 Å². The Labute approximate surface area is 118 Å². The summed E-state index contributed by atoms with van der Waals surface area (Å²) in [6.45, 7) is 1.94. The van der Waals surface area contributed by atoms with Crippen LogP contribution in [0.2, 0.25) is 0 Å². The van der Waals surface area contributed by atoms with Gasteiger partial charge in [-0.2, -0.15) is 13.2 Å². The number of ether oxygens (including phenoxy) is 1. The number of carbonyl (C=O) groups is 1. The molecule has 1 aromatic heterocycles. The summed E-state index contributed by atoms with van der Waals surface area (Å²) in [4.78, 5) is 11.4. The number of anilines is 1. The third-order valence-electron chi connectivity index (χ3n) is 2.52. The molecule has 5 nitrogen and oxygen atoms in total. The van der Waals surface area contributed by atoms with E-state index in [1.807, 2.05) is 13.8 Å². The summed E-state index contributed by atoms with van der Waals surface area (Å²) in [7, 11) is 0. The van der Waals surface area contributed by atoms with Crippen molar-refractivity contribution in [2.24, 2.45) is 0 Å². The van der Waals surface area contributed by atoms with Crippen LogP contribution >= 0.6 is 11.3 Å². The van der Waals surface area contributed by atoms with Gasteiger partial charge >= 0.3 is 6.18 Å². The number of alkyl halides is 3. The molecule has 0 aliphatic carbocycles. The van der Waals surface area contributed by atoms with E-state index in [-0.39, 0.29) is 11.0 Å². The molecule has 0 fully saturated rings. The molecule has 1 heterocycles. The van der Waals surface area contributed by atoms with E-state index < -0.39 is 25.3 Å². The second kappa shape index (κ2) is 7.53. The van der Waals surface area contributed by atoms with Gasteiger partial charge in [0.2, 0.25) is 5.13 Å². The summed E-state index contributed by atoms with van der Waals surface area (Å²) < 4.78 is 39.7. The molecule has 0 unspecified atom stereocenters. The van der Waals surface area contributed by atoms with Crippen molar-refractivity contribution in [3.63, 3.8) is 0 Å². The van der Waals surface area contributed by atoms with Crippen LogP contribution in [0, 0.1) is 0 Å². The molecule has 1 aromatic rings. The Hall–Kier alpha value is -1.22. The van der Waals surface area contributed by atoms with Gasteiger partial charge < -0.3 is 4.74 Å². The maximum atomic E-state index is 11.8. The molecular formula is C11H16F3N3O2S. The quantitative estimate of drug-likeness (QED) is 0.841. The van der Waals surface area contributed by atoms with Gasteiger partial charge in [0, 0.05) is 5.92 Å². The van der Waals surface area contributed by atoms with Crippen LogP contribution in [0.15, 0.2) is 0 Å². The highest BCUT2D eigenvalue weighted by atomic mass is 32.1. The summed E-state index contributed by atoms with van der Waals surface area (Å²) in [5, 5.41) is 11.2. The van der Waals surface area contributed by atoms with Crippen LogP contribution in [-0.2, 0) is 9.53 Å². The normalized spacial score (nSPS) is 11.9. The molecule has 0 radical (unpaired) electrons. The minimum atomic E-state index is -4.44. The fourth-order valence-electron chi connectivity index (χ4n) is 1.50. The third-order valence-corrected chi connectivity index (χ3v) is 3.52. The zero-order valence-electron chi connectivity index (χ0n) is 11.2. The van der Waals surface area contributed by atoms with E-state index in [2.05, 4.69) is 20.3 Å². The van der Waals surface area contributed by atoms with Gasteiger partial charge in [0.1, 0.15) is 18.2 Å². The average molecular weight is 311 g/mol. The van der Waals surface area contributed by atoms with Crippen LogP contribution in [0.3, 0.4) is 0 Å². The number of nitrogens with zero attached hydrogens (tertiary/aromatic N) is 2. The van der Waals surface area contributed by atoms with Crippen molar-refractivity contribution in [1.29, 1.82) is 0 Å². The molecule has 114 valence electrons. The smallest absolute Gasteiger partial charge is 0.362 e. The first-order valence-electron chi connectivity index (χ1n) is 6.13. The first-order valence-corrected chi connectivity index (χ1v) is 6.95. The monoisotopic (exact) mass is 311 g/mol. The van der Waals surface area contributed by atoms with E-state index in [0.717, 1.165) is 17.8 Å². The number of hydrogen-bond acceptors (Lipinski definition) is 5. The van der Waals surface area contributed by atoms with Gasteiger partial charge in [0.25, 0.3) is 5.91 Å². The van der Waals surface area contributed by atoms with Crippen LogP contribution in [0.4, 0.5) is 18.3 Å². The van der Waals surface area contributed by atoms with Crippen LogP contribution in [0.5, 0.6) is 0 Å². The van der Waals surface area contributed by atoms with Gasteiger partial charge in [-0.15, -0.1) is 10.2 Å². The second-order valence-electron chi connectivity index (χ2n) is 4.12. The molecular weight excluding hydrogens is 295 g/mol. The highest BCUT2D eigenvalue weighted by Crippen LogP contribution is 2.27. The van der Waals surface area contributed by atoms with Crippen molar-refractivity contribution >= 4 is 22.4 Å². The van der Waals surface area contributed by atoms with Crippen LogP contribution in [0.25, 0.3) is 0 Å². The molecule has 0 aliphatic rings. The predicted octanol–water partition coefficient (Wildman–Crippen LogP) is 2.96. The first-order chi connectivity index (χ1) is 9.35. The highest BCUT2D eigenvalue weighted by Gasteiger charge is 2.27. The fourth-order valence-corrected chi connectivity index (χ4v) is 2.53. The van der Waals surface area contributed by atoms with Crippen molar-refractivity contribution in [3.05, 3.63) is 5.01 Å². The largest absolute Gasteiger partial charge is 0.411 e. The van der Waals surface area contributed by atoms with E-state index >= 15 is 0 Å². The molecule has 9 heteroatoms. The Morgan fingerprint density at radius 1 is 1.35 bits per heavy atom. The standard InChI is InChI=1S/C11H16F3N3O2S/c1-3-7(4-2)9-16-17-10(20-9)15-8(18)5-19-6-11(12,13)14/h7H,3-6H2,1-2H3,(H,15,17,18). The van der Waals surface area contributed by atoms with Crippen LogP contribution in [-0.4, -0.2) is 35.5 Å². The lowest BCUT2D eigenvalue weighted by atomic mass is 10.1. The van der Waals surface area contributed by atoms with Gasteiger partial charge in [-0.05, 0) is 12.8 Å². The first kappa shape index (κ1) is 16.8. The molecule has 0 aromatic carbocycles. The lowest BCUT2D eigenvalue weighted by Gasteiger charge is -2.07. The fraction of sp³-hybridized carbons (Fsp3) is 0.727. The Morgan fingerprint density at radius 3 is 2.55 bits per heavy atom. The number of hydrogen-bond donors (Lipinski definition) is 1. The highest BCUT2D eigenvalue weighted by molar-refractivity contribution is 7.15. The van der Waals surface area contributed by atoms with Crippen LogP contribution < -0.4 is 5.32 Å². The minimum Gasteiger partial charge on any atom is -0.362 e. The van der Waals surface area contributed by atoms with Gasteiger partial charge in [0.05, 0.1) is 0 Å². The van der Waals surface area contributed by atoms with Crippen molar-refractivity contribution in [2.75, 3.05) is 18.5 Å². The van der Waals surface area contributed by atoms with Gasteiger partial charge in [-0.3, -0.25) is 10.1 Å². The van der Waals surface area contributed by atoms with Gasteiger partial charge in [-0.25, -0.2) is 0 Å². The molecule has 0 atom stereocenters. The molecule has 1 N–H and O–H groups in total. The SMILES string of the molecule is CCC(CC)c1nnc(NC(=O)COCC(F)(F)F)s1. The Balaban J connectivity index is 2.43. The molecule has 1 rings (SSSR count). The minimum absolute atomic E-state index is 0.271. The Kier molecular flexibility index (Phi) is 6.34. The lowest BCUT2D eigenvalue weighted by Crippen LogP contribution is -2.23. The summed E-state index contributed by atoms with van der Waals surface area (Å²) >= 11 is 1.23. The van der Waals surface area contributed by atoms with E-state index in [0.29, 0.717) is 0 Å². The second-order valence-corrected chi connectivity index (χ2v) is 5.12. The van der Waals surface area contributed by atoms with Gasteiger partial charge in [0.15, 0.2) is 0 Å². The zero-order valence-corrected chi connectivity index (χ0v) is 12.0. The maximum absolute atomic E-state index is 11.8. The summed E-state index contributed by atoms with van der Waals surface area (Å²) in [6, 6.07) is 0. The summed E-state index contributed by atoms with van der Waals surface area (Å²) in [5.41, 5.74) is 0. The van der Waals surface area contributed by atoms with Crippen molar-refractivity contribution in [2.45, 2.75) is 38.8 Å². The predicted molar refractivity (Wildman–Crippen MR) is 68.7 cm³/mol. The molecule has 20 heavy (non-hydrogen) atoms. The number of carbonyl (C=O) groups excluding carboxylic acids is 1. The number of rotatable bonds is 7. The zero-order chi connectivity index (χ0) is 15.2. The average Bonchev–Trinajstić information content (AvgIpc) is 2.77. The number of halogens is 3. The molecule has 0 spiro atoms. The molecule has 0 bridgehead atoms. The molecule has 0 aliphatic heterocycles. The number of nitrogens with one attached hydrogen (secondary N) is 1. The number of aromatic nitrogens is 2. The molecule has 1 amide bonds. The Morgan fingerprint density at radius 2 is 2.00 bits per heavy atom. The van der Waals surface area contributed by atoms with Crippen molar-refractivity contribution in [3.8, 4) is 0 Å². The van der Waals surface area contributed by atoms with Crippen molar-refractivity contribution < 1.29 is 22.7 Å². The van der Waals surface area contributed by atoms with E-state index in [9.17, 15) is 18.0 Å². The lowest BCUT2D eigenvalue weighted by molar-refractivity contribution is -0.174. The van der Waals surface area contributed by atoms with E-state index in [1.54, 1.807) is 0 Å². The maximum Gasteiger partial charge on any atom is 0.411 e. The summed E-state index contributed by atoms with van der Waals surface area (Å²) in [5.74, 6) is -0.402. The molecule has 0 saturated carbocycles. The third kappa shape index (κ3) is 5.83. The Bertz CT molecular complexity index is 433. The van der Waals surface area contributed by atoms with Gasteiger partial charge in [-0.1, -0.05) is 25.2 Å². The van der Waals surface area contributed by atoms with E-state index in [1.165, 1.54) is 11.3 Å². The summed E-state index contributed by atoms with van der Waals surface area (Å²) in [6.07, 6.45) is -2.62. The molecule has 0 saturated heterocycles. The number of amides is 1.